The zero-order valence-corrected chi connectivity index (χ0v) is 18.7. The molecule has 0 aromatic heterocycles. The van der Waals surface area contributed by atoms with Crippen LogP contribution in [0.3, 0.4) is 0 Å². The zero-order chi connectivity index (χ0) is 23.3. The molecule has 0 amide bonds. The lowest BCUT2D eigenvalue weighted by Crippen LogP contribution is -2.59. The minimum Gasteiger partial charge on any atom is -0.469 e. The SMILES string of the molecule is COC(=O)CCCCCO[C@H]1O[C@H](C)[C@@H](N=[N+]=[N-])[C@H](OCc2ccccc2)[C@@H]1OC(C)=O. The average molecular weight is 450 g/mol. The fourth-order valence-corrected chi connectivity index (χ4v) is 3.46. The molecular weight excluding hydrogens is 418 g/mol. The van der Waals surface area contributed by atoms with E-state index in [2.05, 4.69) is 14.8 Å². The normalized spacial score (nSPS) is 24.9. The van der Waals surface area contributed by atoms with Gasteiger partial charge in [0, 0.05) is 24.9 Å². The number of benzene rings is 1. The number of azide groups is 1. The molecule has 32 heavy (non-hydrogen) atoms. The molecule has 1 aliphatic heterocycles. The molecule has 1 aliphatic rings. The number of hydrogen-bond acceptors (Lipinski definition) is 8. The zero-order valence-electron chi connectivity index (χ0n) is 18.7. The first-order valence-corrected chi connectivity index (χ1v) is 10.7. The average Bonchev–Trinajstić information content (AvgIpc) is 2.78. The number of ether oxygens (including phenoxy) is 5. The number of carbonyl (C=O) groups excluding carboxylic acids is 2. The van der Waals surface area contributed by atoms with Crippen molar-refractivity contribution in [3.8, 4) is 0 Å². The second kappa shape index (κ2) is 13.7. The van der Waals surface area contributed by atoms with Gasteiger partial charge in [-0.25, -0.2) is 0 Å². The summed E-state index contributed by atoms with van der Waals surface area (Å²) in [7, 11) is 1.36. The third-order valence-electron chi connectivity index (χ3n) is 5.07. The van der Waals surface area contributed by atoms with Crippen molar-refractivity contribution in [2.45, 2.75) is 76.8 Å². The Bertz CT molecular complexity index is 770. The van der Waals surface area contributed by atoms with Crippen molar-refractivity contribution >= 4 is 11.9 Å². The van der Waals surface area contributed by atoms with E-state index in [1.54, 1.807) is 6.92 Å². The second-order valence-corrected chi connectivity index (χ2v) is 7.50. The van der Waals surface area contributed by atoms with Crippen LogP contribution in [0.4, 0.5) is 0 Å². The van der Waals surface area contributed by atoms with E-state index in [9.17, 15) is 9.59 Å². The van der Waals surface area contributed by atoms with Crippen molar-refractivity contribution in [2.24, 2.45) is 5.11 Å². The van der Waals surface area contributed by atoms with Gasteiger partial charge in [0.2, 0.25) is 0 Å². The van der Waals surface area contributed by atoms with Crippen LogP contribution in [0.5, 0.6) is 0 Å². The van der Waals surface area contributed by atoms with Gasteiger partial charge in [0.15, 0.2) is 12.4 Å². The van der Waals surface area contributed by atoms with Gasteiger partial charge in [-0.3, -0.25) is 9.59 Å². The summed E-state index contributed by atoms with van der Waals surface area (Å²) >= 11 is 0. The monoisotopic (exact) mass is 449 g/mol. The van der Waals surface area contributed by atoms with Crippen LogP contribution >= 0.6 is 0 Å². The Hall–Kier alpha value is -2.65. The maximum atomic E-state index is 11.8. The molecule has 10 heteroatoms. The highest BCUT2D eigenvalue weighted by molar-refractivity contribution is 5.69. The van der Waals surface area contributed by atoms with Gasteiger partial charge in [-0.1, -0.05) is 41.9 Å². The molecule has 1 aromatic rings. The van der Waals surface area contributed by atoms with E-state index in [0.717, 1.165) is 12.0 Å². The molecule has 2 rings (SSSR count). The Morgan fingerprint density at radius 2 is 1.88 bits per heavy atom. The van der Waals surface area contributed by atoms with Gasteiger partial charge < -0.3 is 23.7 Å². The predicted molar refractivity (Wildman–Crippen MR) is 114 cm³/mol. The van der Waals surface area contributed by atoms with E-state index in [-0.39, 0.29) is 12.6 Å². The van der Waals surface area contributed by atoms with Gasteiger partial charge in [-0.2, -0.15) is 0 Å². The minimum absolute atomic E-state index is 0.243. The molecule has 1 heterocycles. The summed E-state index contributed by atoms with van der Waals surface area (Å²) in [5.41, 5.74) is 9.96. The predicted octanol–water partition coefficient (Wildman–Crippen LogP) is 3.68. The summed E-state index contributed by atoms with van der Waals surface area (Å²) in [5.74, 6) is -0.763. The molecule has 0 aliphatic carbocycles. The van der Waals surface area contributed by atoms with E-state index >= 15 is 0 Å². The number of nitrogens with zero attached hydrogens (tertiary/aromatic N) is 3. The molecule has 0 bridgehead atoms. The fraction of sp³-hybridized carbons (Fsp3) is 0.636. The maximum Gasteiger partial charge on any atom is 0.305 e. The number of hydrogen-bond donors (Lipinski definition) is 0. The van der Waals surface area contributed by atoms with E-state index in [4.69, 9.17) is 24.5 Å². The van der Waals surface area contributed by atoms with Crippen LogP contribution in [0.2, 0.25) is 0 Å². The maximum absolute atomic E-state index is 11.8. The molecular formula is C22H31N3O7. The number of carbonyl (C=O) groups is 2. The lowest BCUT2D eigenvalue weighted by Gasteiger charge is -2.43. The van der Waals surface area contributed by atoms with Gasteiger partial charge in [-0.05, 0) is 30.9 Å². The standard InChI is InChI=1S/C22H31N3O7/c1-15-19(24-25-23)20(30-14-17-10-6-4-7-11-17)21(32-16(2)26)22(31-15)29-13-9-5-8-12-18(27)28-3/h4,6-7,10-11,15,19-22H,5,8-9,12-14H2,1-3H3/t15-,19-,20+,21+,22+/m1/s1. The van der Waals surface area contributed by atoms with Crippen molar-refractivity contribution in [2.75, 3.05) is 13.7 Å². The van der Waals surface area contributed by atoms with Crippen molar-refractivity contribution < 1.29 is 33.3 Å². The van der Waals surface area contributed by atoms with Gasteiger partial charge in [0.25, 0.3) is 0 Å². The summed E-state index contributed by atoms with van der Waals surface area (Å²) in [6.45, 7) is 3.63. The smallest absolute Gasteiger partial charge is 0.305 e. The number of rotatable bonds is 12. The molecule has 0 N–H and O–H groups in total. The largest absolute Gasteiger partial charge is 0.469 e. The van der Waals surface area contributed by atoms with Crippen molar-refractivity contribution in [1.29, 1.82) is 0 Å². The first kappa shape index (κ1) is 25.6. The molecule has 0 saturated carbocycles. The van der Waals surface area contributed by atoms with Gasteiger partial charge in [-0.15, -0.1) is 0 Å². The fourth-order valence-electron chi connectivity index (χ4n) is 3.46. The first-order valence-electron chi connectivity index (χ1n) is 10.7. The van der Waals surface area contributed by atoms with Crippen LogP contribution in [0.15, 0.2) is 35.4 Å². The summed E-state index contributed by atoms with van der Waals surface area (Å²) in [6, 6.07) is 8.81. The van der Waals surface area contributed by atoms with E-state index in [1.807, 2.05) is 30.3 Å². The van der Waals surface area contributed by atoms with Crippen molar-refractivity contribution in [1.82, 2.24) is 0 Å². The molecule has 0 radical (unpaired) electrons. The molecule has 1 fully saturated rings. The van der Waals surface area contributed by atoms with E-state index < -0.39 is 36.6 Å². The number of unbranched alkanes of at least 4 members (excludes halogenated alkanes) is 2. The quantitative estimate of drug-likeness (QED) is 0.156. The Balaban J connectivity index is 2.05. The summed E-state index contributed by atoms with van der Waals surface area (Å²) in [6.07, 6.45) is -0.540. The lowest BCUT2D eigenvalue weighted by molar-refractivity contribution is -0.282. The van der Waals surface area contributed by atoms with Crippen LogP contribution in [-0.2, 0) is 39.9 Å². The van der Waals surface area contributed by atoms with Crippen molar-refractivity contribution in [3.63, 3.8) is 0 Å². The van der Waals surface area contributed by atoms with Crippen LogP contribution in [0.1, 0.15) is 45.1 Å². The topological polar surface area (TPSA) is 129 Å². The Kier molecular flexibility index (Phi) is 11.0. The molecule has 0 spiro atoms. The van der Waals surface area contributed by atoms with Crippen LogP contribution < -0.4 is 0 Å². The molecule has 1 aromatic carbocycles. The number of methoxy groups -OCH3 is 1. The van der Waals surface area contributed by atoms with E-state index in [1.165, 1.54) is 14.0 Å². The molecule has 0 unspecified atom stereocenters. The van der Waals surface area contributed by atoms with E-state index in [0.29, 0.717) is 25.9 Å². The Morgan fingerprint density at radius 3 is 2.53 bits per heavy atom. The molecule has 10 nitrogen and oxygen atoms in total. The van der Waals surface area contributed by atoms with Crippen molar-refractivity contribution in [3.05, 3.63) is 46.3 Å². The Labute approximate surface area is 187 Å². The van der Waals surface area contributed by atoms with Crippen LogP contribution in [0.25, 0.3) is 10.4 Å². The van der Waals surface area contributed by atoms with Gasteiger partial charge in [0.1, 0.15) is 6.10 Å². The van der Waals surface area contributed by atoms with Gasteiger partial charge >= 0.3 is 11.9 Å². The third kappa shape index (κ3) is 8.12. The lowest BCUT2D eigenvalue weighted by atomic mass is 9.97. The minimum atomic E-state index is -0.905. The van der Waals surface area contributed by atoms with Crippen LogP contribution in [0, 0.1) is 0 Å². The molecule has 5 atom stereocenters. The first-order chi connectivity index (χ1) is 15.5. The number of esters is 2. The summed E-state index contributed by atoms with van der Waals surface area (Å²) in [5, 5.41) is 3.84. The highest BCUT2D eigenvalue weighted by Gasteiger charge is 2.47. The highest BCUT2D eigenvalue weighted by atomic mass is 16.7. The molecule has 1 saturated heterocycles. The summed E-state index contributed by atoms with van der Waals surface area (Å²) in [4.78, 5) is 25.9. The summed E-state index contributed by atoms with van der Waals surface area (Å²) < 4.78 is 28.0. The Morgan fingerprint density at radius 1 is 1.12 bits per heavy atom. The second-order valence-electron chi connectivity index (χ2n) is 7.50. The van der Waals surface area contributed by atoms with Crippen LogP contribution in [-0.4, -0.2) is 56.3 Å². The third-order valence-corrected chi connectivity index (χ3v) is 5.07. The molecule has 176 valence electrons. The van der Waals surface area contributed by atoms with Gasteiger partial charge in [0.05, 0.1) is 25.9 Å². The highest BCUT2D eigenvalue weighted by Crippen LogP contribution is 2.30.